The lowest BCUT2D eigenvalue weighted by Gasteiger charge is -2.37. The maximum Gasteiger partial charge on any atom is 0.341 e. The van der Waals surface area contributed by atoms with Crippen LogP contribution in [-0.2, 0) is 7.05 Å². The predicted octanol–water partition coefficient (Wildman–Crippen LogP) is 2.45. The van der Waals surface area contributed by atoms with Gasteiger partial charge in [0.2, 0.25) is 5.95 Å². The fraction of sp³-hybridized carbons (Fsp3) is 0.333. The van der Waals surface area contributed by atoms with E-state index in [4.69, 9.17) is 10.7 Å². The van der Waals surface area contributed by atoms with E-state index in [1.165, 1.54) is 17.1 Å². The standard InChI is InChI=1S/C24H25FN10O/c1-15-21(32(2)31-22(15)27)19-3-5-28-23(30-19)33-7-9-34(10-8-33)24(36)35-20(4-6-29-35)17-11-16(14-26)12-18(25)13-17/h3,5-6,11-13,20H,4,7-10H2,1-2H3,(H2,27,31)/t20-/m0/s1. The zero-order chi connectivity index (χ0) is 25.4. The van der Waals surface area contributed by atoms with Crippen LogP contribution in [0.2, 0.25) is 0 Å². The van der Waals surface area contributed by atoms with Gasteiger partial charge in [-0.2, -0.15) is 15.5 Å². The van der Waals surface area contributed by atoms with Gasteiger partial charge in [0.25, 0.3) is 0 Å². The fourth-order valence-corrected chi connectivity index (χ4v) is 4.63. The van der Waals surface area contributed by atoms with Crippen LogP contribution in [0.5, 0.6) is 0 Å². The van der Waals surface area contributed by atoms with Gasteiger partial charge in [-0.15, -0.1) is 0 Å². The van der Waals surface area contributed by atoms with Crippen LogP contribution >= 0.6 is 0 Å². The Morgan fingerprint density at radius 3 is 2.69 bits per heavy atom. The third kappa shape index (κ3) is 4.19. The number of nitrogen functional groups attached to an aromatic ring is 1. The average Bonchev–Trinajstić information content (AvgIpc) is 3.47. The summed E-state index contributed by atoms with van der Waals surface area (Å²) in [7, 11) is 1.82. The van der Waals surface area contributed by atoms with Crippen LogP contribution in [0.3, 0.4) is 0 Å². The predicted molar refractivity (Wildman–Crippen MR) is 131 cm³/mol. The number of nitriles is 1. The van der Waals surface area contributed by atoms with Crippen molar-refractivity contribution >= 4 is 24.0 Å². The van der Waals surface area contributed by atoms with Gasteiger partial charge in [-0.05, 0) is 36.8 Å². The van der Waals surface area contributed by atoms with Crippen LogP contribution in [0.1, 0.15) is 29.2 Å². The minimum absolute atomic E-state index is 0.212. The molecule has 0 spiro atoms. The van der Waals surface area contributed by atoms with Crippen LogP contribution in [0.4, 0.5) is 21.0 Å². The number of hydrogen-bond acceptors (Lipinski definition) is 8. The number of hydrogen-bond donors (Lipinski definition) is 1. The summed E-state index contributed by atoms with van der Waals surface area (Å²) in [6, 6.07) is 7.19. The van der Waals surface area contributed by atoms with Gasteiger partial charge in [-0.25, -0.2) is 24.2 Å². The number of anilines is 2. The molecular weight excluding hydrogens is 463 g/mol. The number of hydrazone groups is 1. The van der Waals surface area contributed by atoms with Gasteiger partial charge >= 0.3 is 6.03 Å². The van der Waals surface area contributed by atoms with Crippen molar-refractivity contribution in [1.82, 2.24) is 29.7 Å². The van der Waals surface area contributed by atoms with Gasteiger partial charge in [0.15, 0.2) is 0 Å². The second kappa shape index (κ2) is 9.26. The Bertz CT molecular complexity index is 1390. The molecule has 2 amide bonds. The number of carbonyl (C=O) groups excluding carboxylic acids is 1. The zero-order valence-corrected chi connectivity index (χ0v) is 20.0. The Morgan fingerprint density at radius 2 is 2.00 bits per heavy atom. The molecule has 5 rings (SSSR count). The molecule has 1 aromatic carbocycles. The highest BCUT2D eigenvalue weighted by atomic mass is 19.1. The molecule has 2 aromatic heterocycles. The van der Waals surface area contributed by atoms with Gasteiger partial charge in [-0.3, -0.25) is 4.68 Å². The number of carbonyl (C=O) groups is 1. The van der Waals surface area contributed by atoms with Crippen LogP contribution in [-0.4, -0.2) is 68.1 Å². The summed E-state index contributed by atoms with van der Waals surface area (Å²) >= 11 is 0. The Morgan fingerprint density at radius 1 is 1.22 bits per heavy atom. The van der Waals surface area contributed by atoms with Crippen molar-refractivity contribution in [2.75, 3.05) is 36.8 Å². The lowest BCUT2D eigenvalue weighted by molar-refractivity contribution is 0.139. The Kier molecular flexibility index (Phi) is 5.97. The fourth-order valence-electron chi connectivity index (χ4n) is 4.63. The van der Waals surface area contributed by atoms with Gasteiger partial charge in [0.05, 0.1) is 29.1 Å². The summed E-state index contributed by atoms with van der Waals surface area (Å²) in [6.07, 6.45) is 3.80. The highest BCUT2D eigenvalue weighted by Crippen LogP contribution is 2.31. The lowest BCUT2D eigenvalue weighted by Crippen LogP contribution is -2.52. The topological polar surface area (TPSA) is 133 Å². The van der Waals surface area contributed by atoms with E-state index in [0.717, 1.165) is 17.0 Å². The molecule has 1 atom stereocenters. The second-order valence-corrected chi connectivity index (χ2v) is 8.76. The third-order valence-electron chi connectivity index (χ3n) is 6.50. The van der Waals surface area contributed by atoms with E-state index in [0.29, 0.717) is 49.9 Å². The van der Waals surface area contributed by atoms with Crippen LogP contribution in [0.25, 0.3) is 11.4 Å². The van der Waals surface area contributed by atoms with E-state index in [1.807, 2.05) is 31.0 Å². The van der Waals surface area contributed by atoms with Crippen molar-refractivity contribution in [2.24, 2.45) is 12.1 Å². The van der Waals surface area contributed by atoms with Crippen LogP contribution in [0, 0.1) is 24.1 Å². The number of rotatable bonds is 3. The number of nitrogens with two attached hydrogens (primary N) is 1. The SMILES string of the molecule is Cc1c(N)nn(C)c1-c1ccnc(N2CCN(C(=O)N3N=CC[C@H]3c3cc(F)cc(C#N)c3)CC2)n1. The molecule has 12 heteroatoms. The zero-order valence-electron chi connectivity index (χ0n) is 20.0. The molecule has 2 aliphatic rings. The lowest BCUT2D eigenvalue weighted by atomic mass is 10.0. The Balaban J connectivity index is 1.28. The molecule has 36 heavy (non-hydrogen) atoms. The highest BCUT2D eigenvalue weighted by molar-refractivity contribution is 5.79. The summed E-state index contributed by atoms with van der Waals surface area (Å²) in [6.45, 7) is 3.90. The van der Waals surface area contributed by atoms with E-state index >= 15 is 0 Å². The normalized spacial score (nSPS) is 17.5. The molecule has 1 saturated heterocycles. The van der Waals surface area contributed by atoms with Crippen LogP contribution in [0.15, 0.2) is 35.6 Å². The Labute approximate surface area is 207 Å². The first kappa shape index (κ1) is 23.2. The molecular formula is C24H25FN10O. The summed E-state index contributed by atoms with van der Waals surface area (Å²) in [5, 5.41) is 19.1. The van der Waals surface area contributed by atoms with Gasteiger partial charge in [0, 0.05) is 57.6 Å². The van der Waals surface area contributed by atoms with Gasteiger partial charge in [-0.1, -0.05) is 0 Å². The molecule has 0 unspecified atom stereocenters. The third-order valence-corrected chi connectivity index (χ3v) is 6.50. The molecule has 2 aliphatic heterocycles. The van der Waals surface area contributed by atoms with E-state index in [2.05, 4.69) is 15.2 Å². The first-order chi connectivity index (χ1) is 17.4. The number of benzene rings is 1. The van der Waals surface area contributed by atoms with E-state index in [9.17, 15) is 14.4 Å². The second-order valence-electron chi connectivity index (χ2n) is 8.76. The smallest absolute Gasteiger partial charge is 0.341 e. The van der Waals surface area contributed by atoms with Crippen molar-refractivity contribution in [1.29, 1.82) is 5.26 Å². The van der Waals surface area contributed by atoms with Crippen molar-refractivity contribution in [3.05, 3.63) is 53.0 Å². The molecule has 11 nitrogen and oxygen atoms in total. The number of urea groups is 1. The average molecular weight is 489 g/mol. The van der Waals surface area contributed by atoms with Crippen molar-refractivity contribution in [3.8, 4) is 17.5 Å². The number of amides is 2. The number of halogens is 1. The number of piperazine rings is 1. The maximum atomic E-state index is 14.0. The van der Waals surface area contributed by atoms with Crippen molar-refractivity contribution in [3.63, 3.8) is 0 Å². The highest BCUT2D eigenvalue weighted by Gasteiger charge is 2.34. The number of aromatic nitrogens is 4. The first-order valence-electron chi connectivity index (χ1n) is 11.5. The van der Waals surface area contributed by atoms with Gasteiger partial charge in [0.1, 0.15) is 11.6 Å². The van der Waals surface area contributed by atoms with Crippen molar-refractivity contribution in [2.45, 2.75) is 19.4 Å². The molecule has 0 bridgehead atoms. The van der Waals surface area contributed by atoms with E-state index in [1.54, 1.807) is 28.1 Å². The quantitative estimate of drug-likeness (QED) is 0.599. The first-order valence-corrected chi connectivity index (χ1v) is 11.5. The van der Waals surface area contributed by atoms with E-state index < -0.39 is 11.9 Å². The largest absolute Gasteiger partial charge is 0.382 e. The Hall–Kier alpha value is -4.53. The molecule has 184 valence electrons. The minimum atomic E-state index is -0.511. The molecule has 0 radical (unpaired) electrons. The number of nitrogens with zero attached hydrogens (tertiary/aromatic N) is 9. The molecule has 2 N–H and O–H groups in total. The summed E-state index contributed by atoms with van der Waals surface area (Å²) in [5.41, 5.74) is 9.13. The van der Waals surface area contributed by atoms with Crippen LogP contribution < -0.4 is 10.6 Å². The molecule has 1 fully saturated rings. The summed E-state index contributed by atoms with van der Waals surface area (Å²) < 4.78 is 15.7. The van der Waals surface area contributed by atoms with Gasteiger partial charge < -0.3 is 15.5 Å². The molecule has 0 aliphatic carbocycles. The molecule has 0 saturated carbocycles. The maximum absolute atomic E-state index is 14.0. The minimum Gasteiger partial charge on any atom is -0.382 e. The van der Waals surface area contributed by atoms with Crippen molar-refractivity contribution < 1.29 is 9.18 Å². The molecule has 4 heterocycles. The summed E-state index contributed by atoms with van der Waals surface area (Å²) in [5.74, 6) is 0.521. The number of aryl methyl sites for hydroxylation is 1. The summed E-state index contributed by atoms with van der Waals surface area (Å²) in [4.78, 5) is 26.2. The molecule has 3 aromatic rings. The monoisotopic (exact) mass is 488 g/mol. The van der Waals surface area contributed by atoms with E-state index in [-0.39, 0.29) is 11.6 Å².